The van der Waals surface area contributed by atoms with E-state index in [9.17, 15) is 14.7 Å². The molecule has 0 aromatic rings. The lowest BCUT2D eigenvalue weighted by molar-refractivity contribution is -0.162. The number of rotatable bonds is 7. The van der Waals surface area contributed by atoms with Gasteiger partial charge in [-0.15, -0.1) is 0 Å². The molecule has 0 aromatic heterocycles. The normalized spacial score (nSPS) is 36.0. The predicted molar refractivity (Wildman–Crippen MR) is 125 cm³/mol. The van der Waals surface area contributed by atoms with Crippen molar-refractivity contribution in [1.29, 1.82) is 0 Å². The van der Waals surface area contributed by atoms with Crippen molar-refractivity contribution in [2.45, 2.75) is 98.4 Å². The minimum absolute atomic E-state index is 0.0950. The van der Waals surface area contributed by atoms with Gasteiger partial charge in [-0.3, -0.25) is 9.59 Å². The summed E-state index contributed by atoms with van der Waals surface area (Å²) in [6, 6.07) is 0. The lowest BCUT2D eigenvalue weighted by Gasteiger charge is -2.46. The lowest BCUT2D eigenvalue weighted by atomic mass is 9.61. The zero-order valence-corrected chi connectivity index (χ0v) is 20.7. The summed E-state index contributed by atoms with van der Waals surface area (Å²) >= 11 is 0. The van der Waals surface area contributed by atoms with Crippen LogP contribution in [0.4, 0.5) is 0 Å². The molecule has 180 valence electrons. The minimum Gasteiger partial charge on any atom is -0.462 e. The van der Waals surface area contributed by atoms with Gasteiger partial charge in [-0.25, -0.2) is 0 Å². The Morgan fingerprint density at radius 2 is 1.94 bits per heavy atom. The average molecular weight is 447 g/mol. The molecule has 8 unspecified atom stereocenters. The van der Waals surface area contributed by atoms with Gasteiger partial charge in [0, 0.05) is 12.3 Å². The summed E-state index contributed by atoms with van der Waals surface area (Å²) in [5.41, 5.74) is 2.84. The van der Waals surface area contributed by atoms with Crippen LogP contribution in [0.15, 0.2) is 23.3 Å². The smallest absolute Gasteiger partial charge is 0.308 e. The highest BCUT2D eigenvalue weighted by Crippen LogP contribution is 2.49. The summed E-state index contributed by atoms with van der Waals surface area (Å²) in [5.74, 6) is 1.15. The van der Waals surface area contributed by atoms with Crippen molar-refractivity contribution in [3.05, 3.63) is 23.3 Å². The van der Waals surface area contributed by atoms with E-state index in [1.807, 2.05) is 13.8 Å². The molecule has 0 amide bonds. The van der Waals surface area contributed by atoms with Gasteiger partial charge >= 0.3 is 11.9 Å². The maximum absolute atomic E-state index is 12.8. The number of hydrogen-bond acceptors (Lipinski definition) is 5. The molecule has 0 aromatic carbocycles. The molecule has 8 atom stereocenters. The number of carbonyl (C=O) groups is 2. The molecule has 0 spiro atoms. The average Bonchev–Trinajstić information content (AvgIpc) is 2.71. The van der Waals surface area contributed by atoms with Crippen LogP contribution >= 0.6 is 0 Å². The van der Waals surface area contributed by atoms with Crippen LogP contribution in [0.3, 0.4) is 0 Å². The Labute approximate surface area is 193 Å². The minimum atomic E-state index is -0.604. The van der Waals surface area contributed by atoms with Crippen molar-refractivity contribution >= 4 is 11.9 Å². The number of hydrogen-bond donors (Lipinski definition) is 1. The van der Waals surface area contributed by atoms with Crippen molar-refractivity contribution in [1.82, 2.24) is 0 Å². The summed E-state index contributed by atoms with van der Waals surface area (Å²) in [5, 5.41) is 9.99. The van der Waals surface area contributed by atoms with Gasteiger partial charge < -0.3 is 14.6 Å². The Balaban J connectivity index is 1.87. The van der Waals surface area contributed by atoms with E-state index in [-0.39, 0.29) is 42.4 Å². The number of allylic oxidation sites excluding steroid dienone is 3. The second-order valence-electron chi connectivity index (χ2n) is 10.7. The van der Waals surface area contributed by atoms with E-state index in [4.69, 9.17) is 9.47 Å². The first-order chi connectivity index (χ1) is 15.1. The molecule has 3 aliphatic rings. The van der Waals surface area contributed by atoms with Crippen molar-refractivity contribution in [2.75, 3.05) is 0 Å². The van der Waals surface area contributed by atoms with Crippen LogP contribution in [0.2, 0.25) is 0 Å². The molecule has 1 heterocycles. The van der Waals surface area contributed by atoms with Crippen LogP contribution in [0.25, 0.3) is 0 Å². The molecular weight excluding hydrogens is 404 g/mol. The quantitative estimate of drug-likeness (QED) is 0.543. The molecule has 1 aliphatic heterocycles. The van der Waals surface area contributed by atoms with Crippen molar-refractivity contribution in [3.8, 4) is 0 Å². The monoisotopic (exact) mass is 446 g/mol. The van der Waals surface area contributed by atoms with Crippen LogP contribution in [-0.2, 0) is 19.1 Å². The number of aliphatic hydroxyl groups excluding tert-OH is 1. The van der Waals surface area contributed by atoms with Crippen LogP contribution in [0.1, 0.15) is 80.1 Å². The Hall–Kier alpha value is -1.62. The molecule has 0 saturated carbocycles. The van der Waals surface area contributed by atoms with E-state index in [0.29, 0.717) is 30.1 Å². The first-order valence-corrected chi connectivity index (χ1v) is 12.6. The summed E-state index contributed by atoms with van der Waals surface area (Å²) in [7, 11) is 0. The molecule has 32 heavy (non-hydrogen) atoms. The molecule has 5 heteroatoms. The van der Waals surface area contributed by atoms with Crippen molar-refractivity contribution in [3.63, 3.8) is 0 Å². The third kappa shape index (κ3) is 5.47. The lowest BCUT2D eigenvalue weighted by Crippen LogP contribution is -2.44. The second-order valence-corrected chi connectivity index (χ2v) is 10.7. The van der Waals surface area contributed by atoms with E-state index in [2.05, 4.69) is 39.8 Å². The predicted octanol–water partition coefficient (Wildman–Crippen LogP) is 5.22. The summed E-state index contributed by atoms with van der Waals surface area (Å²) < 4.78 is 11.7. The highest BCUT2D eigenvalue weighted by atomic mass is 16.5. The van der Waals surface area contributed by atoms with Crippen molar-refractivity contribution < 1.29 is 24.2 Å². The van der Waals surface area contributed by atoms with Crippen LogP contribution < -0.4 is 0 Å². The summed E-state index contributed by atoms with van der Waals surface area (Å²) in [4.78, 5) is 24.6. The molecule has 0 bridgehead atoms. The van der Waals surface area contributed by atoms with Gasteiger partial charge in [0.25, 0.3) is 0 Å². The summed E-state index contributed by atoms with van der Waals surface area (Å²) in [6.45, 7) is 13.0. The maximum atomic E-state index is 12.8. The van der Waals surface area contributed by atoms with Gasteiger partial charge in [0.2, 0.25) is 0 Å². The van der Waals surface area contributed by atoms with E-state index in [1.165, 1.54) is 11.1 Å². The standard InChI is InChI=1S/C27H42O5/c1-7-16(4)27(30)32-23-12-18(6)25(15(2)3)22-10-8-17(5)21(26(22)23)11-9-20-13-19(28)14-24(29)31-20/h8,10,15-21,23,26,28H,7,9,11-14H2,1-6H3. The van der Waals surface area contributed by atoms with Gasteiger partial charge in [0.05, 0.1) is 18.4 Å². The third-order valence-electron chi connectivity index (χ3n) is 7.89. The summed E-state index contributed by atoms with van der Waals surface area (Å²) in [6.07, 6.45) is 7.47. The number of esters is 2. The molecule has 0 radical (unpaired) electrons. The van der Waals surface area contributed by atoms with Gasteiger partial charge in [0.1, 0.15) is 12.2 Å². The van der Waals surface area contributed by atoms with E-state index in [0.717, 1.165) is 25.7 Å². The second kappa shape index (κ2) is 10.5. The van der Waals surface area contributed by atoms with Crippen LogP contribution in [0, 0.1) is 35.5 Å². The topological polar surface area (TPSA) is 72.8 Å². The molecule has 5 nitrogen and oxygen atoms in total. The van der Waals surface area contributed by atoms with E-state index in [1.54, 1.807) is 0 Å². The zero-order chi connectivity index (χ0) is 23.6. The van der Waals surface area contributed by atoms with Gasteiger partial charge in [-0.1, -0.05) is 59.3 Å². The molecule has 1 fully saturated rings. The fourth-order valence-electron chi connectivity index (χ4n) is 6.05. The van der Waals surface area contributed by atoms with E-state index < -0.39 is 6.10 Å². The first kappa shape index (κ1) is 25.0. The number of carbonyl (C=O) groups excluding carboxylic acids is 2. The largest absolute Gasteiger partial charge is 0.462 e. The maximum Gasteiger partial charge on any atom is 0.308 e. The Morgan fingerprint density at radius 1 is 1.22 bits per heavy atom. The molecule has 1 saturated heterocycles. The van der Waals surface area contributed by atoms with E-state index >= 15 is 0 Å². The number of aliphatic hydroxyl groups is 1. The van der Waals surface area contributed by atoms with Crippen LogP contribution in [0.5, 0.6) is 0 Å². The molecule has 3 rings (SSSR count). The van der Waals surface area contributed by atoms with Crippen molar-refractivity contribution in [2.24, 2.45) is 35.5 Å². The first-order valence-electron chi connectivity index (χ1n) is 12.6. The molecule has 2 aliphatic carbocycles. The number of fused-ring (bicyclic) bond motifs is 1. The zero-order valence-electron chi connectivity index (χ0n) is 20.7. The Morgan fingerprint density at radius 3 is 2.56 bits per heavy atom. The molecule has 1 N–H and O–H groups in total. The highest BCUT2D eigenvalue weighted by molar-refractivity contribution is 5.72. The van der Waals surface area contributed by atoms with Gasteiger partial charge in [-0.2, -0.15) is 0 Å². The SMILES string of the molecule is CCC(C)C(=O)OC1CC(C)C(C(C)C)=C2C=CC(C)C(CCC3CC(O)CC(=O)O3)C21. The number of ether oxygens (including phenoxy) is 2. The fourth-order valence-corrected chi connectivity index (χ4v) is 6.05. The highest BCUT2D eigenvalue weighted by Gasteiger charge is 2.44. The van der Waals surface area contributed by atoms with Gasteiger partial charge in [-0.05, 0) is 54.9 Å². The molecular formula is C27H42O5. The van der Waals surface area contributed by atoms with Crippen LogP contribution in [-0.4, -0.2) is 35.4 Å². The third-order valence-corrected chi connectivity index (χ3v) is 7.89. The van der Waals surface area contributed by atoms with Gasteiger partial charge in [0.15, 0.2) is 0 Å². The Bertz CT molecular complexity index is 751. The number of cyclic esters (lactones) is 1. The Kier molecular flexibility index (Phi) is 8.24. The fraction of sp³-hybridized carbons (Fsp3) is 0.778.